The van der Waals surface area contributed by atoms with Crippen LogP contribution in [0.5, 0.6) is 5.75 Å². The van der Waals surface area contributed by atoms with Gasteiger partial charge in [-0.15, -0.1) is 0 Å². The number of benzene rings is 2. The molecule has 0 saturated heterocycles. The zero-order valence-corrected chi connectivity index (χ0v) is 12.0. The fraction of sp³-hybridized carbons (Fsp3) is 0.294. The summed E-state index contributed by atoms with van der Waals surface area (Å²) in [4.78, 5) is 0. The van der Waals surface area contributed by atoms with Gasteiger partial charge in [0.2, 0.25) is 0 Å². The fourth-order valence-electron chi connectivity index (χ4n) is 2.11. The highest BCUT2D eigenvalue weighted by atomic mass is 16.5. The molecule has 0 fully saturated rings. The molecule has 0 aliphatic carbocycles. The Morgan fingerprint density at radius 3 is 2.42 bits per heavy atom. The normalized spacial score (nSPS) is 12.0. The highest BCUT2D eigenvalue weighted by molar-refractivity contribution is 5.57. The van der Waals surface area contributed by atoms with Gasteiger partial charge in [0.15, 0.2) is 0 Å². The zero-order valence-electron chi connectivity index (χ0n) is 12.0. The van der Waals surface area contributed by atoms with Crippen LogP contribution in [-0.2, 0) is 0 Å². The van der Waals surface area contributed by atoms with E-state index in [1.807, 2.05) is 24.3 Å². The maximum atomic E-state index is 5.36. The molecule has 2 aromatic carbocycles. The Labute approximate surface area is 115 Å². The van der Waals surface area contributed by atoms with Crippen molar-refractivity contribution in [1.29, 1.82) is 0 Å². The van der Waals surface area contributed by atoms with Crippen LogP contribution in [0.2, 0.25) is 0 Å². The van der Waals surface area contributed by atoms with E-state index in [1.54, 1.807) is 7.11 Å². The molecule has 0 aromatic heterocycles. The van der Waals surface area contributed by atoms with E-state index in [9.17, 15) is 0 Å². The van der Waals surface area contributed by atoms with E-state index < -0.39 is 0 Å². The van der Waals surface area contributed by atoms with Gasteiger partial charge in [-0.3, -0.25) is 0 Å². The van der Waals surface area contributed by atoms with Crippen LogP contribution in [-0.4, -0.2) is 7.11 Å². The van der Waals surface area contributed by atoms with Crippen molar-refractivity contribution in [3.05, 3.63) is 59.2 Å². The second kappa shape index (κ2) is 5.79. The number of anilines is 1. The van der Waals surface area contributed by atoms with Gasteiger partial charge in [0.25, 0.3) is 0 Å². The standard InChI is InChI=1S/C17H21NO/c1-12-9-10-15(11-13(12)2)14(3)18-16-7-5-6-8-17(16)19-4/h5-11,14,18H,1-4H3. The van der Waals surface area contributed by atoms with Crippen molar-refractivity contribution in [3.63, 3.8) is 0 Å². The minimum absolute atomic E-state index is 0.246. The first kappa shape index (κ1) is 13.5. The van der Waals surface area contributed by atoms with Gasteiger partial charge in [-0.25, -0.2) is 0 Å². The Morgan fingerprint density at radius 2 is 1.74 bits per heavy atom. The summed E-state index contributed by atoms with van der Waals surface area (Å²) in [6, 6.07) is 14.8. The summed E-state index contributed by atoms with van der Waals surface area (Å²) >= 11 is 0. The van der Waals surface area contributed by atoms with Crippen molar-refractivity contribution >= 4 is 5.69 Å². The van der Waals surface area contributed by atoms with Crippen LogP contribution in [0.3, 0.4) is 0 Å². The van der Waals surface area contributed by atoms with Crippen LogP contribution in [0.1, 0.15) is 29.7 Å². The number of hydrogen-bond acceptors (Lipinski definition) is 2. The molecule has 2 nitrogen and oxygen atoms in total. The largest absolute Gasteiger partial charge is 0.495 e. The van der Waals surface area contributed by atoms with Crippen molar-refractivity contribution in [2.75, 3.05) is 12.4 Å². The highest BCUT2D eigenvalue weighted by Crippen LogP contribution is 2.28. The van der Waals surface area contributed by atoms with Crippen LogP contribution in [0, 0.1) is 13.8 Å². The van der Waals surface area contributed by atoms with E-state index >= 15 is 0 Å². The molecule has 0 spiro atoms. The van der Waals surface area contributed by atoms with Gasteiger partial charge in [0.05, 0.1) is 12.8 Å². The number of rotatable bonds is 4. The maximum absolute atomic E-state index is 5.36. The molecule has 19 heavy (non-hydrogen) atoms. The molecule has 0 aliphatic rings. The van der Waals surface area contributed by atoms with Crippen molar-refractivity contribution in [3.8, 4) is 5.75 Å². The second-order valence-corrected chi connectivity index (χ2v) is 4.91. The lowest BCUT2D eigenvalue weighted by molar-refractivity contribution is 0.416. The summed E-state index contributed by atoms with van der Waals surface area (Å²) in [5, 5.41) is 3.50. The molecule has 0 aliphatic heterocycles. The number of para-hydroxylation sites is 2. The average Bonchev–Trinajstić information content (AvgIpc) is 2.42. The Morgan fingerprint density at radius 1 is 1.00 bits per heavy atom. The molecule has 1 atom stereocenters. The lowest BCUT2D eigenvalue weighted by Crippen LogP contribution is -2.08. The molecule has 0 radical (unpaired) electrons. The Bertz CT molecular complexity index is 563. The van der Waals surface area contributed by atoms with E-state index in [0.717, 1.165) is 11.4 Å². The average molecular weight is 255 g/mol. The number of hydrogen-bond donors (Lipinski definition) is 1. The van der Waals surface area contributed by atoms with E-state index in [0.29, 0.717) is 0 Å². The SMILES string of the molecule is COc1ccccc1NC(C)c1ccc(C)c(C)c1. The van der Waals surface area contributed by atoms with Gasteiger partial charge in [-0.2, -0.15) is 0 Å². The Hall–Kier alpha value is -1.96. The van der Waals surface area contributed by atoms with Gasteiger partial charge >= 0.3 is 0 Å². The predicted octanol–water partition coefficient (Wildman–Crippen LogP) is 4.49. The van der Waals surface area contributed by atoms with Gasteiger partial charge in [0, 0.05) is 6.04 Å². The second-order valence-electron chi connectivity index (χ2n) is 4.91. The van der Waals surface area contributed by atoms with Crippen molar-refractivity contribution in [2.24, 2.45) is 0 Å². The minimum atomic E-state index is 0.246. The van der Waals surface area contributed by atoms with Crippen molar-refractivity contribution < 1.29 is 4.74 Å². The lowest BCUT2D eigenvalue weighted by Gasteiger charge is -2.18. The number of nitrogens with one attached hydrogen (secondary N) is 1. The molecule has 2 aromatic rings. The molecule has 1 N–H and O–H groups in total. The van der Waals surface area contributed by atoms with Gasteiger partial charge < -0.3 is 10.1 Å². The molecular weight excluding hydrogens is 234 g/mol. The Balaban J connectivity index is 2.20. The first-order valence-electron chi connectivity index (χ1n) is 6.58. The van der Waals surface area contributed by atoms with Gasteiger partial charge in [0.1, 0.15) is 5.75 Å². The van der Waals surface area contributed by atoms with Gasteiger partial charge in [-0.1, -0.05) is 30.3 Å². The smallest absolute Gasteiger partial charge is 0.141 e. The molecule has 100 valence electrons. The summed E-state index contributed by atoms with van der Waals surface area (Å²) < 4.78 is 5.36. The third-order valence-electron chi connectivity index (χ3n) is 3.51. The van der Waals surface area contributed by atoms with E-state index in [1.165, 1.54) is 16.7 Å². The maximum Gasteiger partial charge on any atom is 0.141 e. The first-order chi connectivity index (χ1) is 9.11. The monoisotopic (exact) mass is 255 g/mol. The summed E-state index contributed by atoms with van der Waals surface area (Å²) in [6.45, 7) is 6.45. The van der Waals surface area contributed by atoms with Crippen LogP contribution < -0.4 is 10.1 Å². The van der Waals surface area contributed by atoms with Crippen LogP contribution in [0.25, 0.3) is 0 Å². The molecule has 2 heteroatoms. The number of methoxy groups -OCH3 is 1. The number of aryl methyl sites for hydroxylation is 2. The summed E-state index contributed by atoms with van der Waals surface area (Å²) in [7, 11) is 1.70. The first-order valence-corrected chi connectivity index (χ1v) is 6.58. The van der Waals surface area contributed by atoms with Crippen molar-refractivity contribution in [2.45, 2.75) is 26.8 Å². The molecule has 0 amide bonds. The van der Waals surface area contributed by atoms with E-state index in [-0.39, 0.29) is 6.04 Å². The summed E-state index contributed by atoms with van der Waals surface area (Å²) in [5.74, 6) is 0.873. The van der Waals surface area contributed by atoms with E-state index in [2.05, 4.69) is 44.3 Å². The minimum Gasteiger partial charge on any atom is -0.495 e. The third kappa shape index (κ3) is 3.08. The fourth-order valence-corrected chi connectivity index (χ4v) is 2.11. The van der Waals surface area contributed by atoms with Crippen LogP contribution in [0.4, 0.5) is 5.69 Å². The lowest BCUT2D eigenvalue weighted by atomic mass is 10.0. The summed E-state index contributed by atoms with van der Waals surface area (Å²) in [5.41, 5.74) is 4.96. The molecule has 0 heterocycles. The van der Waals surface area contributed by atoms with Gasteiger partial charge in [-0.05, 0) is 49.6 Å². The quantitative estimate of drug-likeness (QED) is 0.869. The predicted molar refractivity (Wildman–Crippen MR) is 80.9 cm³/mol. The Kier molecular flexibility index (Phi) is 4.10. The zero-order chi connectivity index (χ0) is 13.8. The van der Waals surface area contributed by atoms with E-state index in [4.69, 9.17) is 4.74 Å². The molecule has 0 bridgehead atoms. The van der Waals surface area contributed by atoms with Crippen LogP contribution >= 0.6 is 0 Å². The molecule has 1 unspecified atom stereocenters. The number of ether oxygens (including phenoxy) is 1. The summed E-state index contributed by atoms with van der Waals surface area (Å²) in [6.07, 6.45) is 0. The van der Waals surface area contributed by atoms with Crippen molar-refractivity contribution in [1.82, 2.24) is 0 Å². The molecule has 2 rings (SSSR count). The molecular formula is C17H21NO. The van der Waals surface area contributed by atoms with Crippen LogP contribution in [0.15, 0.2) is 42.5 Å². The third-order valence-corrected chi connectivity index (χ3v) is 3.51. The highest BCUT2D eigenvalue weighted by Gasteiger charge is 2.09. The molecule has 0 saturated carbocycles. The topological polar surface area (TPSA) is 21.3 Å².